The number of hydrogen-bond acceptors (Lipinski definition) is 5. The summed E-state index contributed by atoms with van der Waals surface area (Å²) in [4.78, 5) is 25.0. The topological polar surface area (TPSA) is 84.9 Å². The summed E-state index contributed by atoms with van der Waals surface area (Å²) >= 11 is 0. The Hall–Kier alpha value is -3.12. The maximum Gasteiger partial charge on any atom is 0.407 e. The highest BCUT2D eigenvalue weighted by Crippen LogP contribution is 2.38. The van der Waals surface area contributed by atoms with E-state index in [-0.39, 0.29) is 6.10 Å². The van der Waals surface area contributed by atoms with Crippen LogP contribution >= 0.6 is 0 Å². The van der Waals surface area contributed by atoms with Crippen LogP contribution in [0.3, 0.4) is 0 Å². The average Bonchev–Trinajstić information content (AvgIpc) is 2.79. The lowest BCUT2D eigenvalue weighted by molar-refractivity contribution is -0.185. The Kier molecular flexibility index (Phi) is 7.47. The van der Waals surface area contributed by atoms with Gasteiger partial charge in [0.25, 0.3) is 0 Å². The molecule has 0 spiro atoms. The van der Waals surface area contributed by atoms with Crippen molar-refractivity contribution in [2.24, 2.45) is 5.41 Å². The van der Waals surface area contributed by atoms with Gasteiger partial charge in [0.15, 0.2) is 0 Å². The van der Waals surface area contributed by atoms with Crippen molar-refractivity contribution in [1.29, 1.82) is 0 Å². The minimum absolute atomic E-state index is 0.299. The summed E-state index contributed by atoms with van der Waals surface area (Å²) in [6.45, 7) is 1.61. The third-order valence-electron chi connectivity index (χ3n) is 5.88. The summed E-state index contributed by atoms with van der Waals surface area (Å²) in [6.07, 6.45) is 3.11. The fourth-order valence-electron chi connectivity index (χ4n) is 3.79. The van der Waals surface area contributed by atoms with E-state index < -0.39 is 29.6 Å². The maximum absolute atomic E-state index is 13.1. The monoisotopic (exact) mass is 423 g/mol. The number of ether oxygens (including phenoxy) is 2. The van der Waals surface area contributed by atoms with Crippen molar-refractivity contribution < 1.29 is 24.2 Å². The first-order valence-corrected chi connectivity index (χ1v) is 10.4. The summed E-state index contributed by atoms with van der Waals surface area (Å²) in [5.74, 6) is -0.538. The van der Waals surface area contributed by atoms with E-state index in [0.29, 0.717) is 12.8 Å². The van der Waals surface area contributed by atoms with E-state index in [1.54, 1.807) is 19.1 Å². The molecule has 0 unspecified atom stereocenters. The summed E-state index contributed by atoms with van der Waals surface area (Å²) in [7, 11) is 1.25. The zero-order chi connectivity index (χ0) is 22.3. The van der Waals surface area contributed by atoms with Crippen LogP contribution in [-0.2, 0) is 20.7 Å². The van der Waals surface area contributed by atoms with E-state index in [4.69, 9.17) is 9.47 Å². The number of carbonyl (C=O) groups is 2. The molecule has 31 heavy (non-hydrogen) atoms. The van der Waals surface area contributed by atoms with Crippen molar-refractivity contribution in [2.45, 2.75) is 44.4 Å². The van der Waals surface area contributed by atoms with Crippen LogP contribution in [-0.4, -0.2) is 42.5 Å². The molecular weight excluding hydrogens is 394 g/mol. The molecular formula is C25H29NO5. The number of rotatable bonds is 7. The van der Waals surface area contributed by atoms with Crippen LogP contribution in [0.4, 0.5) is 4.79 Å². The summed E-state index contributed by atoms with van der Waals surface area (Å²) in [6, 6.07) is 18.6. The van der Waals surface area contributed by atoms with Gasteiger partial charge >= 0.3 is 12.1 Å². The lowest BCUT2D eigenvalue weighted by Gasteiger charge is -2.43. The van der Waals surface area contributed by atoms with Crippen molar-refractivity contribution in [2.75, 3.05) is 7.11 Å². The predicted molar refractivity (Wildman–Crippen MR) is 118 cm³/mol. The molecule has 2 N–H and O–H groups in total. The largest absolute Gasteiger partial charge is 0.462 e. The number of aryl methyl sites for hydroxylation is 1. The number of cyclic esters (lactones) is 1. The first-order chi connectivity index (χ1) is 14.9. The van der Waals surface area contributed by atoms with Gasteiger partial charge in [-0.15, -0.1) is 0 Å². The van der Waals surface area contributed by atoms with Gasteiger partial charge in [0.2, 0.25) is 0 Å². The van der Waals surface area contributed by atoms with Gasteiger partial charge in [0, 0.05) is 6.42 Å². The molecule has 2 aromatic rings. The molecule has 164 valence electrons. The van der Waals surface area contributed by atoms with E-state index in [9.17, 15) is 14.7 Å². The molecule has 0 bridgehead atoms. The highest BCUT2D eigenvalue weighted by molar-refractivity contribution is 5.81. The van der Waals surface area contributed by atoms with E-state index in [2.05, 4.69) is 5.32 Å². The summed E-state index contributed by atoms with van der Waals surface area (Å²) in [5.41, 5.74) is 0.711. The molecule has 4 atom stereocenters. The van der Waals surface area contributed by atoms with Crippen molar-refractivity contribution in [3.8, 4) is 0 Å². The van der Waals surface area contributed by atoms with Gasteiger partial charge in [-0.2, -0.15) is 0 Å². The van der Waals surface area contributed by atoms with Gasteiger partial charge in [0.05, 0.1) is 19.3 Å². The first-order valence-electron chi connectivity index (χ1n) is 10.4. The third kappa shape index (κ3) is 5.52. The van der Waals surface area contributed by atoms with Crippen LogP contribution in [0, 0.1) is 5.41 Å². The number of carbonyl (C=O) groups excluding carboxylic acids is 2. The zero-order valence-electron chi connectivity index (χ0n) is 17.9. The standard InChI is InChI=1S/C25H29NO5/c1-25(21(26-24(29)30-2)16-14-19-11-7-4-8-12-19)22(27)17-20(31-23(25)28)15-13-18-9-5-3-6-10-18/h3-12,14,16,20-22,27H,13,15,17H2,1-2H3,(H,26,29)/b16-14+/t20-,21-,22-,25+/m1/s1. The van der Waals surface area contributed by atoms with Crippen molar-refractivity contribution in [1.82, 2.24) is 5.32 Å². The van der Waals surface area contributed by atoms with Gasteiger partial charge < -0.3 is 19.9 Å². The molecule has 1 fully saturated rings. The molecule has 3 rings (SSSR count). The second-order valence-electron chi connectivity index (χ2n) is 7.97. The highest BCUT2D eigenvalue weighted by Gasteiger charge is 2.53. The van der Waals surface area contributed by atoms with E-state index in [0.717, 1.165) is 17.5 Å². The minimum Gasteiger partial charge on any atom is -0.462 e. The number of amides is 1. The number of nitrogens with one attached hydrogen (secondary N) is 1. The Morgan fingerprint density at radius 3 is 2.48 bits per heavy atom. The van der Waals surface area contributed by atoms with Crippen molar-refractivity contribution >= 4 is 18.1 Å². The Labute approximate surface area is 182 Å². The predicted octanol–water partition coefficient (Wildman–Crippen LogP) is 3.74. The van der Waals surface area contributed by atoms with Gasteiger partial charge in [-0.25, -0.2) is 4.79 Å². The van der Waals surface area contributed by atoms with Crippen LogP contribution < -0.4 is 5.32 Å². The average molecular weight is 424 g/mol. The van der Waals surface area contributed by atoms with E-state index in [1.165, 1.54) is 7.11 Å². The molecule has 0 radical (unpaired) electrons. The van der Waals surface area contributed by atoms with Crippen LogP contribution in [0.1, 0.15) is 30.9 Å². The van der Waals surface area contributed by atoms with Crippen LogP contribution in [0.2, 0.25) is 0 Å². The van der Waals surface area contributed by atoms with Gasteiger partial charge in [-0.1, -0.05) is 72.8 Å². The Balaban J connectivity index is 1.75. The second-order valence-corrected chi connectivity index (χ2v) is 7.97. The Morgan fingerprint density at radius 1 is 1.23 bits per heavy atom. The van der Waals surface area contributed by atoms with Gasteiger partial charge in [0.1, 0.15) is 11.5 Å². The van der Waals surface area contributed by atoms with E-state index in [1.807, 2.05) is 60.7 Å². The van der Waals surface area contributed by atoms with Crippen LogP contribution in [0.15, 0.2) is 66.7 Å². The van der Waals surface area contributed by atoms with Crippen LogP contribution in [0.5, 0.6) is 0 Å². The fourth-order valence-corrected chi connectivity index (χ4v) is 3.79. The maximum atomic E-state index is 13.1. The van der Waals surface area contributed by atoms with Crippen molar-refractivity contribution in [3.63, 3.8) is 0 Å². The molecule has 6 nitrogen and oxygen atoms in total. The van der Waals surface area contributed by atoms with Crippen molar-refractivity contribution in [3.05, 3.63) is 77.9 Å². The third-order valence-corrected chi connectivity index (χ3v) is 5.88. The Bertz CT molecular complexity index is 899. The van der Waals surface area contributed by atoms with E-state index >= 15 is 0 Å². The number of aliphatic hydroxyl groups is 1. The lowest BCUT2D eigenvalue weighted by atomic mass is 9.72. The number of methoxy groups -OCH3 is 1. The number of aliphatic hydroxyl groups excluding tert-OH is 1. The summed E-state index contributed by atoms with van der Waals surface area (Å²) in [5, 5.41) is 13.7. The zero-order valence-corrected chi connectivity index (χ0v) is 17.9. The lowest BCUT2D eigenvalue weighted by Crippen LogP contribution is -2.60. The normalized spacial score (nSPS) is 24.4. The molecule has 1 aliphatic rings. The molecule has 2 aromatic carbocycles. The number of benzene rings is 2. The number of alkyl carbamates (subject to hydrolysis) is 1. The fraction of sp³-hybridized carbons (Fsp3) is 0.360. The molecule has 1 amide bonds. The molecule has 1 saturated heterocycles. The quantitative estimate of drug-likeness (QED) is 0.663. The molecule has 0 saturated carbocycles. The molecule has 0 aromatic heterocycles. The molecule has 1 heterocycles. The van der Waals surface area contributed by atoms with Gasteiger partial charge in [-0.05, 0) is 30.9 Å². The Morgan fingerprint density at radius 2 is 1.87 bits per heavy atom. The minimum atomic E-state index is -1.34. The smallest absolute Gasteiger partial charge is 0.407 e. The SMILES string of the molecule is COC(=O)N[C@H](/C=C/c1ccccc1)[C@]1(C)C(=O)O[C@H](CCc2ccccc2)C[C@H]1O. The molecule has 1 aliphatic heterocycles. The number of esters is 1. The van der Waals surface area contributed by atoms with Crippen LogP contribution in [0.25, 0.3) is 6.08 Å². The highest BCUT2D eigenvalue weighted by atomic mass is 16.6. The first kappa shape index (κ1) is 22.6. The second kappa shape index (κ2) is 10.3. The molecule has 0 aliphatic carbocycles. The van der Waals surface area contributed by atoms with Gasteiger partial charge in [-0.3, -0.25) is 4.79 Å². The number of hydrogen-bond donors (Lipinski definition) is 2. The molecule has 6 heteroatoms. The summed E-state index contributed by atoms with van der Waals surface area (Å²) < 4.78 is 10.4.